The van der Waals surface area contributed by atoms with Gasteiger partial charge in [-0.05, 0) is 30.4 Å². The molecule has 0 radical (unpaired) electrons. The summed E-state index contributed by atoms with van der Waals surface area (Å²) in [4.78, 5) is 30.6. The van der Waals surface area contributed by atoms with E-state index < -0.39 is 11.9 Å². The summed E-state index contributed by atoms with van der Waals surface area (Å²) in [6.45, 7) is 1.93. The van der Waals surface area contributed by atoms with Gasteiger partial charge in [-0.25, -0.2) is 9.59 Å². The number of anilines is 1. The Morgan fingerprint density at radius 3 is 2.61 bits per heavy atom. The first-order valence-corrected chi connectivity index (χ1v) is 8.57. The van der Waals surface area contributed by atoms with E-state index in [0.717, 1.165) is 0 Å². The molecule has 0 amide bonds. The third-order valence-electron chi connectivity index (χ3n) is 4.04. The number of ether oxygens (including phenoxy) is 2. The third-order valence-corrected chi connectivity index (χ3v) is 4.04. The number of esters is 2. The quantitative estimate of drug-likeness (QED) is 0.730. The number of carbonyl (C=O) groups excluding carboxylic acids is 2. The van der Waals surface area contributed by atoms with E-state index in [0.29, 0.717) is 29.4 Å². The van der Waals surface area contributed by atoms with Crippen LogP contribution in [0.15, 0.2) is 64.5 Å². The molecule has 144 valence electrons. The highest BCUT2D eigenvalue weighted by atomic mass is 16.5. The second kappa shape index (κ2) is 8.34. The molecule has 8 heteroatoms. The summed E-state index contributed by atoms with van der Waals surface area (Å²) in [6.07, 6.45) is 7.16. The zero-order valence-corrected chi connectivity index (χ0v) is 15.7. The topological polar surface area (TPSA) is 94.8 Å². The molecule has 0 spiro atoms. The van der Waals surface area contributed by atoms with Gasteiger partial charge >= 0.3 is 11.9 Å². The summed E-state index contributed by atoms with van der Waals surface area (Å²) in [5.74, 6) is -0.353. The van der Waals surface area contributed by atoms with Crippen LogP contribution in [0.25, 0.3) is 11.5 Å². The minimum Gasteiger partial charge on any atom is -0.465 e. The van der Waals surface area contributed by atoms with Gasteiger partial charge in [0.2, 0.25) is 0 Å². The highest BCUT2D eigenvalue weighted by Crippen LogP contribution is 2.29. The molecule has 28 heavy (non-hydrogen) atoms. The highest BCUT2D eigenvalue weighted by Gasteiger charge is 2.27. The molecule has 2 aromatic rings. The first-order chi connectivity index (χ1) is 13.6. The number of carbonyl (C=O) groups is 2. The number of methoxy groups -OCH3 is 2. The number of benzene rings is 1. The van der Waals surface area contributed by atoms with Gasteiger partial charge in [-0.2, -0.15) is 4.98 Å². The number of hydrogen-bond acceptors (Lipinski definition) is 8. The van der Waals surface area contributed by atoms with Crippen LogP contribution in [0.2, 0.25) is 0 Å². The highest BCUT2D eigenvalue weighted by molar-refractivity contribution is 6.05. The number of hydrogen-bond donors (Lipinski definition) is 0. The maximum absolute atomic E-state index is 12.5. The van der Waals surface area contributed by atoms with Gasteiger partial charge in [-0.3, -0.25) is 0 Å². The normalized spacial score (nSPS) is 13.5. The van der Waals surface area contributed by atoms with Crippen LogP contribution < -0.4 is 4.90 Å². The summed E-state index contributed by atoms with van der Waals surface area (Å²) >= 11 is 0. The van der Waals surface area contributed by atoms with Crippen LogP contribution in [0.4, 0.5) is 5.69 Å². The monoisotopic (exact) mass is 381 g/mol. The van der Waals surface area contributed by atoms with Crippen molar-refractivity contribution in [1.29, 1.82) is 0 Å². The van der Waals surface area contributed by atoms with E-state index in [4.69, 9.17) is 14.0 Å². The molecule has 0 saturated carbocycles. The molecule has 2 heterocycles. The predicted molar refractivity (Wildman–Crippen MR) is 101 cm³/mol. The lowest BCUT2D eigenvalue weighted by Crippen LogP contribution is -2.26. The molecule has 3 rings (SSSR count). The number of nitrogens with zero attached hydrogens (tertiary/aromatic N) is 3. The average Bonchev–Trinajstić information content (AvgIpc) is 3.11. The van der Waals surface area contributed by atoms with E-state index >= 15 is 0 Å². The van der Waals surface area contributed by atoms with Crippen molar-refractivity contribution in [2.75, 3.05) is 19.1 Å². The fraction of sp³-hybridized carbons (Fsp3) is 0.200. The molecule has 0 fully saturated rings. The molecule has 1 aliphatic rings. The van der Waals surface area contributed by atoms with Gasteiger partial charge < -0.3 is 18.9 Å². The van der Waals surface area contributed by atoms with E-state index in [1.54, 1.807) is 41.5 Å². The SMILES string of the molecule is CCc1noc(-c2cccc(N3C=CC=CC(C(=O)OC)=C3C(=O)OC)c2)n1. The summed E-state index contributed by atoms with van der Waals surface area (Å²) in [5.41, 5.74) is 1.40. The van der Waals surface area contributed by atoms with Crippen molar-refractivity contribution in [3.05, 3.63) is 65.8 Å². The second-order valence-corrected chi connectivity index (χ2v) is 5.74. The minimum atomic E-state index is -0.673. The lowest BCUT2D eigenvalue weighted by molar-refractivity contribution is -0.139. The molecule has 1 aliphatic heterocycles. The fourth-order valence-corrected chi connectivity index (χ4v) is 2.67. The van der Waals surface area contributed by atoms with Crippen LogP contribution in [0, 0.1) is 0 Å². The Labute approximate surface area is 161 Å². The van der Waals surface area contributed by atoms with E-state index in [9.17, 15) is 9.59 Å². The van der Waals surface area contributed by atoms with Crippen LogP contribution in [-0.4, -0.2) is 36.3 Å². The Morgan fingerprint density at radius 1 is 1.14 bits per heavy atom. The van der Waals surface area contributed by atoms with E-state index in [1.165, 1.54) is 20.3 Å². The van der Waals surface area contributed by atoms with Crippen molar-refractivity contribution in [1.82, 2.24) is 10.1 Å². The lowest BCUT2D eigenvalue weighted by atomic mass is 10.1. The number of rotatable bonds is 5. The zero-order valence-electron chi connectivity index (χ0n) is 15.7. The largest absolute Gasteiger partial charge is 0.465 e. The summed E-state index contributed by atoms with van der Waals surface area (Å²) in [5, 5.41) is 3.90. The smallest absolute Gasteiger partial charge is 0.355 e. The number of aryl methyl sites for hydroxylation is 1. The Balaban J connectivity index is 2.11. The molecular formula is C20H19N3O5. The van der Waals surface area contributed by atoms with Crippen molar-refractivity contribution in [3.8, 4) is 11.5 Å². The van der Waals surface area contributed by atoms with E-state index in [-0.39, 0.29) is 11.3 Å². The molecule has 8 nitrogen and oxygen atoms in total. The Hall–Kier alpha value is -3.68. The molecule has 0 unspecified atom stereocenters. The van der Waals surface area contributed by atoms with E-state index in [1.807, 2.05) is 13.0 Å². The van der Waals surface area contributed by atoms with Crippen molar-refractivity contribution in [2.45, 2.75) is 13.3 Å². The average molecular weight is 381 g/mol. The van der Waals surface area contributed by atoms with Crippen molar-refractivity contribution < 1.29 is 23.6 Å². The Morgan fingerprint density at radius 2 is 1.93 bits per heavy atom. The lowest BCUT2D eigenvalue weighted by Gasteiger charge is -2.23. The molecular weight excluding hydrogens is 362 g/mol. The minimum absolute atomic E-state index is 0.0382. The van der Waals surface area contributed by atoms with Crippen molar-refractivity contribution in [3.63, 3.8) is 0 Å². The number of aromatic nitrogens is 2. The third kappa shape index (κ3) is 3.71. The summed E-state index contributed by atoms with van der Waals surface area (Å²) < 4.78 is 15.0. The molecule has 0 atom stereocenters. The van der Waals surface area contributed by atoms with Crippen molar-refractivity contribution in [2.24, 2.45) is 0 Å². The maximum atomic E-state index is 12.5. The predicted octanol–water partition coefficient (Wildman–Crippen LogP) is 2.79. The van der Waals surface area contributed by atoms with Gasteiger partial charge in [0.1, 0.15) is 5.70 Å². The zero-order chi connectivity index (χ0) is 20.1. The van der Waals surface area contributed by atoms with E-state index in [2.05, 4.69) is 10.1 Å². The van der Waals surface area contributed by atoms with Gasteiger partial charge in [0.15, 0.2) is 5.82 Å². The standard InChI is InChI=1S/C20H19N3O5/c1-4-16-21-18(28-22-16)13-8-7-9-14(12-13)23-11-6-5-10-15(19(24)26-2)17(23)20(25)27-3/h5-12H,4H2,1-3H3. The molecule has 0 N–H and O–H groups in total. The summed E-state index contributed by atoms with van der Waals surface area (Å²) in [6, 6.07) is 7.17. The maximum Gasteiger partial charge on any atom is 0.355 e. The fourth-order valence-electron chi connectivity index (χ4n) is 2.67. The molecule has 0 bridgehead atoms. The molecule has 0 aliphatic carbocycles. The van der Waals surface area contributed by atoms with Crippen LogP contribution in [0.5, 0.6) is 0 Å². The number of allylic oxidation sites excluding steroid dienone is 2. The first kappa shape index (κ1) is 19.1. The summed E-state index contributed by atoms with van der Waals surface area (Å²) in [7, 11) is 2.50. The Kier molecular flexibility index (Phi) is 5.69. The first-order valence-electron chi connectivity index (χ1n) is 8.57. The second-order valence-electron chi connectivity index (χ2n) is 5.74. The van der Waals surface area contributed by atoms with Crippen LogP contribution >= 0.6 is 0 Å². The molecule has 1 aromatic carbocycles. The van der Waals surface area contributed by atoms with Gasteiger partial charge in [0.05, 0.1) is 19.8 Å². The van der Waals surface area contributed by atoms with Gasteiger partial charge in [0.25, 0.3) is 5.89 Å². The van der Waals surface area contributed by atoms with Gasteiger partial charge in [-0.15, -0.1) is 0 Å². The molecule has 1 aromatic heterocycles. The van der Waals surface area contributed by atoms with Crippen LogP contribution in [0.3, 0.4) is 0 Å². The van der Waals surface area contributed by atoms with Gasteiger partial charge in [-0.1, -0.05) is 24.2 Å². The molecule has 0 saturated heterocycles. The van der Waals surface area contributed by atoms with Gasteiger partial charge in [0, 0.05) is 23.9 Å². The Bertz CT molecular complexity index is 987. The van der Waals surface area contributed by atoms with Crippen LogP contribution in [0.1, 0.15) is 12.7 Å². The van der Waals surface area contributed by atoms with Crippen LogP contribution in [-0.2, 0) is 25.5 Å². The van der Waals surface area contributed by atoms with Crippen molar-refractivity contribution >= 4 is 17.6 Å².